The van der Waals surface area contributed by atoms with Gasteiger partial charge < -0.3 is 0 Å². The molecule has 0 N–H and O–H groups in total. The van der Waals surface area contributed by atoms with Crippen LogP contribution in [0.5, 0.6) is 0 Å². The van der Waals surface area contributed by atoms with E-state index in [2.05, 4.69) is 0 Å². The fraction of sp³-hybridized carbons (Fsp3) is 0.600. The molecule has 0 atom stereocenters. The molecule has 0 spiro atoms. The first-order chi connectivity index (χ1) is 16.6. The van der Waals surface area contributed by atoms with E-state index in [0.29, 0.717) is 0 Å². The number of hydrogen-bond donors (Lipinski definition) is 0. The number of carbonyl (C=O) groups excluding carboxylic acids is 6. The van der Waals surface area contributed by atoms with Crippen LogP contribution in [0.4, 0.5) is 79.0 Å². The first-order valence-electron chi connectivity index (χ1n) is 8.25. The summed E-state index contributed by atoms with van der Waals surface area (Å²) in [5.74, 6) is -16.2. The van der Waals surface area contributed by atoms with Crippen LogP contribution >= 0.6 is 0 Å². The molecule has 0 radical (unpaired) electrons. The molecule has 228 valence electrons. The van der Waals surface area contributed by atoms with Gasteiger partial charge >= 0.3 is 78.3 Å². The van der Waals surface area contributed by atoms with Gasteiger partial charge in [0, 0.05) is 0 Å². The monoisotopic (exact) mass is 765 g/mol. The van der Waals surface area contributed by atoms with Crippen LogP contribution in [-0.4, -0.2) is 71.8 Å². The summed E-state index contributed by atoms with van der Waals surface area (Å²) in [5.41, 5.74) is 0. The molecule has 0 bridgehead atoms. The summed E-state index contributed by atoms with van der Waals surface area (Å²) in [7, 11) is 0. The molecular weight excluding hydrogens is 759 g/mol. The molecule has 0 aromatic heterocycles. The van der Waals surface area contributed by atoms with E-state index in [-0.39, 0.29) is 41.3 Å². The van der Waals surface area contributed by atoms with E-state index in [1.165, 1.54) is 0 Å². The van der Waals surface area contributed by atoms with Crippen molar-refractivity contribution < 1.29 is 149 Å². The first-order valence-corrected chi connectivity index (χ1v) is 8.25. The molecule has 0 aliphatic rings. The van der Waals surface area contributed by atoms with Gasteiger partial charge in [-0.2, -0.15) is 79.0 Å². The Morgan fingerprint density at radius 2 is 0.350 bits per heavy atom. The maximum absolute atomic E-state index is 11.3. The van der Waals surface area contributed by atoms with Gasteiger partial charge in [-0.1, -0.05) is 0 Å². The van der Waals surface area contributed by atoms with Gasteiger partial charge in [-0.05, 0) is 0 Å². The maximum Gasteiger partial charge on any atom is 3.00 e. The van der Waals surface area contributed by atoms with Gasteiger partial charge in [0.05, 0.1) is 19.3 Å². The molecule has 0 fully saturated rings. The summed E-state index contributed by atoms with van der Waals surface area (Å²) >= 11 is 0. The molecule has 0 aromatic carbocycles. The van der Waals surface area contributed by atoms with E-state index in [1.807, 2.05) is 0 Å². The van der Waals surface area contributed by atoms with Crippen LogP contribution in [0.2, 0.25) is 0 Å². The molecule has 0 saturated carbocycles. The summed E-state index contributed by atoms with van der Waals surface area (Å²) in [6.07, 6.45) is -39.0. The third-order valence-electron chi connectivity index (χ3n) is 2.86. The van der Waals surface area contributed by atoms with E-state index in [4.69, 9.17) is 0 Å². The summed E-state index contributed by atoms with van der Waals surface area (Å²) in [6, 6.07) is 0. The molecule has 0 aliphatic carbocycles. The average molecular weight is 765 g/mol. The van der Waals surface area contributed by atoms with Crippen molar-refractivity contribution in [1.82, 2.24) is 0 Å². The van der Waals surface area contributed by atoms with Crippen LogP contribution in [0.25, 0.3) is 0 Å². The van der Waals surface area contributed by atoms with Crippen LogP contribution < -0.4 is 0 Å². The number of Topliss-reactive ketones (excluding diaryl/α,β-unsaturated/α-hetero) is 6. The molecule has 0 rings (SSSR count). The molecule has 0 aliphatic heterocycles. The van der Waals surface area contributed by atoms with E-state index < -0.39 is 91.0 Å². The Labute approximate surface area is 239 Å². The molecule has 0 heterocycles. The topological polar surface area (TPSA) is 102 Å². The normalized spacial score (nSPS) is 12.4. The largest absolute Gasteiger partial charge is 3.00 e. The fourth-order valence-corrected chi connectivity index (χ4v) is 1.04. The number of rotatable bonds is 6. The fourth-order valence-electron chi connectivity index (χ4n) is 1.04. The van der Waals surface area contributed by atoms with E-state index in [0.717, 1.165) is 0 Å². The van der Waals surface area contributed by atoms with Crippen molar-refractivity contribution in [2.24, 2.45) is 0 Å². The Bertz CT molecular complexity index is 726. The van der Waals surface area contributed by atoms with Crippen molar-refractivity contribution in [1.29, 1.82) is 0 Å². The molecule has 0 saturated heterocycles. The van der Waals surface area contributed by atoms with Crippen molar-refractivity contribution in [2.45, 2.75) is 56.3 Å². The minimum Gasteiger partial charge on any atom is -0.289 e. The Morgan fingerprint density at radius 1 is 0.275 bits per heavy atom. The van der Waals surface area contributed by atoms with Crippen molar-refractivity contribution >= 4 is 34.7 Å². The van der Waals surface area contributed by atoms with Crippen LogP contribution in [0, 0.1) is 41.3 Å². The molecule has 25 heteroatoms. The van der Waals surface area contributed by atoms with Crippen molar-refractivity contribution in [2.75, 3.05) is 0 Å². The standard InChI is InChI=1S/3C5H2F6O2.Pr/c3*6-4(7,8)2(12)1-3(13)5(9,10)11;/h3*1H2;/q;;;+3. The predicted octanol–water partition coefficient (Wildman–Crippen LogP) is 4.92. The van der Waals surface area contributed by atoms with E-state index in [9.17, 15) is 108 Å². The summed E-state index contributed by atoms with van der Waals surface area (Å²) in [5, 5.41) is 0. The van der Waals surface area contributed by atoms with Crippen molar-refractivity contribution in [3.8, 4) is 0 Å². The Morgan fingerprint density at radius 3 is 0.400 bits per heavy atom. The van der Waals surface area contributed by atoms with E-state index in [1.54, 1.807) is 0 Å². The van der Waals surface area contributed by atoms with Gasteiger partial charge in [-0.25, -0.2) is 0 Å². The second kappa shape index (κ2) is 15.9. The van der Waals surface area contributed by atoms with Gasteiger partial charge in [-0.15, -0.1) is 0 Å². The summed E-state index contributed by atoms with van der Waals surface area (Å²) in [4.78, 5) is 59.3. The predicted molar refractivity (Wildman–Crippen MR) is 80.2 cm³/mol. The van der Waals surface area contributed by atoms with Gasteiger partial charge in [0.1, 0.15) is 0 Å². The molecule has 0 aromatic rings. The minimum atomic E-state index is -5.40. The minimum absolute atomic E-state index is 0. The zero-order valence-corrected chi connectivity index (χ0v) is 21.7. The quantitative estimate of drug-likeness (QED) is 0.282. The average Bonchev–Trinajstić information content (AvgIpc) is 2.64. The van der Waals surface area contributed by atoms with Gasteiger partial charge in [0.15, 0.2) is 0 Å². The SMILES string of the molecule is O=C(CC(=O)C(F)(F)F)C(F)(F)F.O=C(CC(=O)C(F)(F)F)C(F)(F)F.O=C(CC(=O)C(F)(F)F)C(F)(F)F.[Pr+3]. The maximum atomic E-state index is 11.3. The third-order valence-corrected chi connectivity index (χ3v) is 2.86. The molecule has 40 heavy (non-hydrogen) atoms. The second-order valence-corrected chi connectivity index (χ2v) is 6.06. The Hall–Kier alpha value is -1.88. The summed E-state index contributed by atoms with van der Waals surface area (Å²) < 4.78 is 204. The van der Waals surface area contributed by atoms with Gasteiger partial charge in [0.2, 0.25) is 34.7 Å². The number of hydrogen-bond acceptors (Lipinski definition) is 6. The summed E-state index contributed by atoms with van der Waals surface area (Å²) in [6.45, 7) is 0. The molecule has 6 nitrogen and oxygen atoms in total. The second-order valence-electron chi connectivity index (χ2n) is 6.06. The van der Waals surface area contributed by atoms with E-state index >= 15 is 0 Å². The van der Waals surface area contributed by atoms with Gasteiger partial charge in [0.25, 0.3) is 0 Å². The van der Waals surface area contributed by atoms with Crippen LogP contribution in [-0.2, 0) is 28.8 Å². The zero-order valence-electron chi connectivity index (χ0n) is 18.0. The van der Waals surface area contributed by atoms with Crippen molar-refractivity contribution in [3.05, 3.63) is 0 Å². The van der Waals surface area contributed by atoms with Gasteiger partial charge in [-0.3, -0.25) is 28.8 Å². The molecule has 0 amide bonds. The molecule has 0 unspecified atom stereocenters. The smallest absolute Gasteiger partial charge is 0.289 e. The van der Waals surface area contributed by atoms with Crippen molar-refractivity contribution in [3.63, 3.8) is 0 Å². The number of alkyl halides is 18. The van der Waals surface area contributed by atoms with Crippen LogP contribution in [0.15, 0.2) is 0 Å². The number of ketones is 6. The molecular formula is C15H6F18O6Pr+3. The number of carbonyl (C=O) groups is 6. The Balaban J connectivity index is -0.000000240. The van der Waals surface area contributed by atoms with Crippen LogP contribution in [0.1, 0.15) is 19.3 Å². The number of halogens is 18. The third kappa shape index (κ3) is 20.9. The zero-order chi connectivity index (χ0) is 32.6. The Kier molecular flexibility index (Phi) is 18.0. The first kappa shape index (κ1) is 45.1. The van der Waals surface area contributed by atoms with Crippen LogP contribution in [0.3, 0.4) is 0 Å².